The number of nitrogens with zero attached hydrogens (tertiary/aromatic N) is 1. The summed E-state index contributed by atoms with van der Waals surface area (Å²) in [6, 6.07) is 16.6. The summed E-state index contributed by atoms with van der Waals surface area (Å²) in [4.78, 5) is 14.6. The Labute approximate surface area is 164 Å². The van der Waals surface area contributed by atoms with Gasteiger partial charge in [-0.1, -0.05) is 50.2 Å². The molecule has 0 aliphatic carbocycles. The summed E-state index contributed by atoms with van der Waals surface area (Å²) >= 11 is 1.69. The van der Waals surface area contributed by atoms with Gasteiger partial charge in [-0.25, -0.2) is 0 Å². The molecule has 0 fully saturated rings. The van der Waals surface area contributed by atoms with Crippen LogP contribution in [0.25, 0.3) is 22.2 Å². The monoisotopic (exact) mass is 379 g/mol. The van der Waals surface area contributed by atoms with Crippen molar-refractivity contribution in [3.63, 3.8) is 0 Å². The Balaban J connectivity index is 2.02. The zero-order chi connectivity index (χ0) is 19.0. The Morgan fingerprint density at radius 1 is 1.11 bits per heavy atom. The lowest BCUT2D eigenvalue weighted by Gasteiger charge is -2.28. The van der Waals surface area contributed by atoms with Crippen LogP contribution in [0.1, 0.15) is 37.5 Å². The zero-order valence-electron chi connectivity index (χ0n) is 15.8. The Morgan fingerprint density at radius 2 is 1.81 bits per heavy atom. The Morgan fingerprint density at radius 3 is 2.56 bits per heavy atom. The van der Waals surface area contributed by atoms with Gasteiger partial charge >= 0.3 is 0 Å². The van der Waals surface area contributed by atoms with Crippen molar-refractivity contribution < 1.29 is 9.90 Å². The van der Waals surface area contributed by atoms with Crippen LogP contribution in [-0.4, -0.2) is 22.1 Å². The topological polar surface area (TPSA) is 42.2 Å². The highest BCUT2D eigenvalue weighted by Gasteiger charge is 2.37. The van der Waals surface area contributed by atoms with E-state index in [0.29, 0.717) is 12.3 Å². The first-order valence-electron chi connectivity index (χ1n) is 9.73. The van der Waals surface area contributed by atoms with E-state index in [0.717, 1.165) is 45.5 Å². The fourth-order valence-electron chi connectivity index (χ4n) is 4.27. The Hall–Kier alpha value is -2.04. The molecule has 0 saturated heterocycles. The number of para-hydroxylation sites is 1. The van der Waals surface area contributed by atoms with Gasteiger partial charge in [-0.2, -0.15) is 0 Å². The van der Waals surface area contributed by atoms with E-state index in [1.807, 2.05) is 24.3 Å². The molecule has 1 atom stereocenters. The van der Waals surface area contributed by atoms with Gasteiger partial charge in [0.2, 0.25) is 0 Å². The molecular formula is C23H25NO2S. The lowest BCUT2D eigenvalue weighted by atomic mass is 9.90. The van der Waals surface area contributed by atoms with Crippen molar-refractivity contribution >= 4 is 28.4 Å². The molecule has 0 bridgehead atoms. The second-order valence-corrected chi connectivity index (χ2v) is 8.21. The minimum Gasteiger partial charge on any atom is -0.395 e. The van der Waals surface area contributed by atoms with Crippen molar-refractivity contribution in [2.24, 2.45) is 5.92 Å². The van der Waals surface area contributed by atoms with E-state index < -0.39 is 0 Å². The second kappa shape index (κ2) is 7.53. The van der Waals surface area contributed by atoms with Crippen LogP contribution in [0.3, 0.4) is 0 Å². The van der Waals surface area contributed by atoms with E-state index in [4.69, 9.17) is 0 Å². The number of rotatable bonds is 6. The van der Waals surface area contributed by atoms with Crippen molar-refractivity contribution in [3.05, 3.63) is 54.1 Å². The normalized spacial score (nSPS) is 15.8. The molecule has 4 heteroatoms. The van der Waals surface area contributed by atoms with Crippen LogP contribution in [0.5, 0.6) is 0 Å². The summed E-state index contributed by atoms with van der Waals surface area (Å²) in [6.45, 7) is 4.80. The molecule has 0 amide bonds. The Kier molecular flexibility index (Phi) is 5.11. The maximum atomic E-state index is 13.5. The summed E-state index contributed by atoms with van der Waals surface area (Å²) < 4.78 is 2.19. The van der Waals surface area contributed by atoms with Gasteiger partial charge in [-0.05, 0) is 25.0 Å². The molecule has 3 nitrogen and oxygen atoms in total. The van der Waals surface area contributed by atoms with E-state index >= 15 is 0 Å². The fraction of sp³-hybridized carbons (Fsp3) is 0.348. The number of aromatic nitrogens is 1. The quantitative estimate of drug-likeness (QED) is 0.619. The van der Waals surface area contributed by atoms with Gasteiger partial charge in [0.05, 0.1) is 17.6 Å². The molecule has 0 radical (unpaired) electrons. The maximum Gasteiger partial charge on any atom is 0.153 e. The molecule has 0 saturated carbocycles. The number of benzene rings is 2. The van der Waals surface area contributed by atoms with Crippen LogP contribution in [0.15, 0.2) is 53.4 Å². The SMILES string of the molecule is CCC(CC)C(=O)C1Sc2ccccc2-c2c1c1ccccc1n2CCO. The number of carbonyl (C=O) groups excluding carboxylic acids is 1. The van der Waals surface area contributed by atoms with Crippen molar-refractivity contribution in [3.8, 4) is 11.3 Å². The molecule has 1 aliphatic rings. The highest BCUT2D eigenvalue weighted by atomic mass is 32.2. The second-order valence-electron chi connectivity index (χ2n) is 7.06. The van der Waals surface area contributed by atoms with Crippen LogP contribution in [0.4, 0.5) is 0 Å². The average Bonchev–Trinajstić information content (AvgIpc) is 3.03. The molecule has 1 aliphatic heterocycles. The van der Waals surface area contributed by atoms with E-state index in [2.05, 4.69) is 42.7 Å². The number of carbonyl (C=O) groups is 1. The van der Waals surface area contributed by atoms with Gasteiger partial charge < -0.3 is 9.67 Å². The lowest BCUT2D eigenvalue weighted by Crippen LogP contribution is -2.21. The number of hydrogen-bond donors (Lipinski definition) is 1. The number of Topliss-reactive ketones (excluding diaryl/α,β-unsaturated/α-hetero) is 1. The van der Waals surface area contributed by atoms with Gasteiger partial charge in [0.25, 0.3) is 0 Å². The summed E-state index contributed by atoms with van der Waals surface area (Å²) in [7, 11) is 0. The predicted molar refractivity (Wildman–Crippen MR) is 112 cm³/mol. The van der Waals surface area contributed by atoms with Gasteiger partial charge in [-0.3, -0.25) is 4.79 Å². The largest absolute Gasteiger partial charge is 0.395 e. The van der Waals surface area contributed by atoms with Crippen molar-refractivity contribution in [2.75, 3.05) is 6.61 Å². The molecule has 1 N–H and O–H groups in total. The number of aliphatic hydroxyl groups is 1. The highest BCUT2D eigenvalue weighted by molar-refractivity contribution is 8.00. The highest BCUT2D eigenvalue weighted by Crippen LogP contribution is 2.53. The molecule has 3 aromatic rings. The van der Waals surface area contributed by atoms with Gasteiger partial charge in [0.15, 0.2) is 5.78 Å². The van der Waals surface area contributed by atoms with E-state index in [9.17, 15) is 9.90 Å². The van der Waals surface area contributed by atoms with E-state index in [1.165, 1.54) is 0 Å². The van der Waals surface area contributed by atoms with Crippen LogP contribution in [0, 0.1) is 5.92 Å². The molecule has 1 unspecified atom stereocenters. The smallest absolute Gasteiger partial charge is 0.153 e. The zero-order valence-corrected chi connectivity index (χ0v) is 16.6. The number of thioether (sulfide) groups is 1. The number of aliphatic hydroxyl groups excluding tert-OH is 1. The summed E-state index contributed by atoms with van der Waals surface area (Å²) in [5.74, 6) is 0.410. The van der Waals surface area contributed by atoms with Gasteiger partial charge in [0.1, 0.15) is 0 Å². The number of fused-ring (bicyclic) bond motifs is 5. The third-order valence-corrected chi connectivity index (χ3v) is 6.94. The number of hydrogen-bond acceptors (Lipinski definition) is 3. The van der Waals surface area contributed by atoms with Crippen LogP contribution in [0.2, 0.25) is 0 Å². The molecule has 4 rings (SSSR count). The Bertz CT molecular complexity index is 987. The first-order valence-corrected chi connectivity index (χ1v) is 10.6. The fourth-order valence-corrected chi connectivity index (χ4v) is 5.64. The lowest BCUT2D eigenvalue weighted by molar-refractivity contribution is -0.122. The minimum atomic E-state index is -0.190. The van der Waals surface area contributed by atoms with Gasteiger partial charge in [0, 0.05) is 39.4 Å². The van der Waals surface area contributed by atoms with Crippen molar-refractivity contribution in [2.45, 2.75) is 43.4 Å². The minimum absolute atomic E-state index is 0.0750. The summed E-state index contributed by atoms with van der Waals surface area (Å²) in [5.41, 5.74) is 4.48. The first kappa shape index (κ1) is 18.3. The molecule has 0 spiro atoms. The van der Waals surface area contributed by atoms with E-state index in [-0.39, 0.29) is 17.8 Å². The molecule has 2 heterocycles. The molecule has 1 aromatic heterocycles. The van der Waals surface area contributed by atoms with E-state index in [1.54, 1.807) is 11.8 Å². The molecular weight excluding hydrogens is 354 g/mol. The molecule has 27 heavy (non-hydrogen) atoms. The van der Waals surface area contributed by atoms with Gasteiger partial charge in [-0.15, -0.1) is 11.8 Å². The molecule has 2 aromatic carbocycles. The first-order chi connectivity index (χ1) is 13.2. The number of ketones is 1. The van der Waals surface area contributed by atoms with Crippen LogP contribution in [-0.2, 0) is 11.3 Å². The maximum absolute atomic E-state index is 13.5. The van der Waals surface area contributed by atoms with Crippen LogP contribution >= 0.6 is 11.8 Å². The van der Waals surface area contributed by atoms with Crippen molar-refractivity contribution in [1.29, 1.82) is 0 Å². The summed E-state index contributed by atoms with van der Waals surface area (Å²) in [6.07, 6.45) is 1.75. The van der Waals surface area contributed by atoms with Crippen molar-refractivity contribution in [1.82, 2.24) is 4.57 Å². The average molecular weight is 380 g/mol. The van der Waals surface area contributed by atoms with Crippen LogP contribution < -0.4 is 0 Å². The standard InChI is InChI=1S/C23H25NO2S/c1-3-15(4-2)22(26)23-20-16-9-5-7-11-18(16)24(13-14-25)21(20)17-10-6-8-12-19(17)27-23/h5-12,15,23,25H,3-4,13-14H2,1-2H3. The molecule has 140 valence electrons. The summed E-state index contributed by atoms with van der Waals surface area (Å²) in [5, 5.41) is 10.6. The predicted octanol–water partition coefficient (Wildman–Crippen LogP) is 5.45. The third kappa shape index (κ3) is 2.91. The third-order valence-electron chi connectivity index (χ3n) is 5.63.